The summed E-state index contributed by atoms with van der Waals surface area (Å²) in [5.41, 5.74) is 2.22. The SMILES string of the molecule is CC(=O)NCCc1ccnc2ccccc12. The van der Waals surface area contributed by atoms with E-state index in [1.54, 1.807) is 0 Å². The molecule has 0 saturated carbocycles. The second-order valence-electron chi connectivity index (χ2n) is 3.72. The zero-order valence-electron chi connectivity index (χ0n) is 9.23. The van der Waals surface area contributed by atoms with Crippen molar-refractivity contribution in [3.8, 4) is 0 Å². The van der Waals surface area contributed by atoms with Crippen molar-refractivity contribution in [1.29, 1.82) is 0 Å². The van der Waals surface area contributed by atoms with Gasteiger partial charge in [-0.25, -0.2) is 0 Å². The lowest BCUT2D eigenvalue weighted by Crippen LogP contribution is -2.22. The highest BCUT2D eigenvalue weighted by molar-refractivity contribution is 5.81. The van der Waals surface area contributed by atoms with Gasteiger partial charge in [-0.15, -0.1) is 0 Å². The molecule has 0 radical (unpaired) electrons. The lowest BCUT2D eigenvalue weighted by Gasteiger charge is -2.06. The van der Waals surface area contributed by atoms with Crippen molar-refractivity contribution >= 4 is 16.8 Å². The Bertz CT molecular complexity index is 503. The maximum Gasteiger partial charge on any atom is 0.216 e. The first-order valence-electron chi connectivity index (χ1n) is 5.34. The number of pyridine rings is 1. The van der Waals surface area contributed by atoms with Crippen LogP contribution in [-0.4, -0.2) is 17.4 Å². The van der Waals surface area contributed by atoms with E-state index >= 15 is 0 Å². The zero-order chi connectivity index (χ0) is 11.4. The summed E-state index contributed by atoms with van der Waals surface area (Å²) in [5.74, 6) is 0.0124. The molecule has 2 rings (SSSR count). The number of benzene rings is 1. The summed E-state index contributed by atoms with van der Waals surface area (Å²) >= 11 is 0. The van der Waals surface area contributed by atoms with Crippen molar-refractivity contribution in [1.82, 2.24) is 10.3 Å². The van der Waals surface area contributed by atoms with Gasteiger partial charge in [-0.3, -0.25) is 9.78 Å². The van der Waals surface area contributed by atoms with Crippen molar-refractivity contribution < 1.29 is 4.79 Å². The molecule has 3 nitrogen and oxygen atoms in total. The van der Waals surface area contributed by atoms with Gasteiger partial charge in [-0.2, -0.15) is 0 Å². The fraction of sp³-hybridized carbons (Fsp3) is 0.231. The average molecular weight is 214 g/mol. The fourth-order valence-corrected chi connectivity index (χ4v) is 1.75. The van der Waals surface area contributed by atoms with Crippen molar-refractivity contribution in [3.05, 3.63) is 42.1 Å². The van der Waals surface area contributed by atoms with Crippen LogP contribution in [0.2, 0.25) is 0 Å². The van der Waals surface area contributed by atoms with E-state index in [0.717, 1.165) is 17.3 Å². The molecule has 0 fully saturated rings. The maximum absolute atomic E-state index is 10.8. The second-order valence-corrected chi connectivity index (χ2v) is 3.72. The monoisotopic (exact) mass is 214 g/mol. The van der Waals surface area contributed by atoms with E-state index in [2.05, 4.69) is 16.4 Å². The van der Waals surface area contributed by atoms with Crippen LogP contribution in [0.1, 0.15) is 12.5 Å². The maximum atomic E-state index is 10.8. The minimum atomic E-state index is 0.0124. The van der Waals surface area contributed by atoms with E-state index in [1.807, 2.05) is 30.5 Å². The highest BCUT2D eigenvalue weighted by Crippen LogP contribution is 2.16. The third kappa shape index (κ3) is 2.37. The van der Waals surface area contributed by atoms with Crippen LogP contribution in [-0.2, 0) is 11.2 Å². The summed E-state index contributed by atoms with van der Waals surface area (Å²) < 4.78 is 0. The number of aromatic nitrogens is 1. The van der Waals surface area contributed by atoms with Crippen LogP contribution < -0.4 is 5.32 Å². The van der Waals surface area contributed by atoms with Crippen LogP contribution in [0.3, 0.4) is 0 Å². The first-order chi connectivity index (χ1) is 7.77. The number of carbonyl (C=O) groups excluding carboxylic acids is 1. The minimum absolute atomic E-state index is 0.0124. The second kappa shape index (κ2) is 4.75. The molecule has 1 aromatic heterocycles. The normalized spacial score (nSPS) is 10.3. The van der Waals surface area contributed by atoms with Gasteiger partial charge in [0.15, 0.2) is 0 Å². The molecular weight excluding hydrogens is 200 g/mol. The van der Waals surface area contributed by atoms with Crippen LogP contribution >= 0.6 is 0 Å². The van der Waals surface area contributed by atoms with Gasteiger partial charge in [0.2, 0.25) is 5.91 Å². The van der Waals surface area contributed by atoms with E-state index in [1.165, 1.54) is 12.5 Å². The van der Waals surface area contributed by atoms with Crippen LogP contribution in [0.15, 0.2) is 36.5 Å². The number of nitrogens with one attached hydrogen (secondary N) is 1. The van der Waals surface area contributed by atoms with Gasteiger partial charge in [0.25, 0.3) is 0 Å². The Morgan fingerprint density at radius 1 is 1.31 bits per heavy atom. The van der Waals surface area contributed by atoms with Gasteiger partial charge in [0, 0.05) is 25.1 Å². The molecule has 82 valence electrons. The number of hydrogen-bond donors (Lipinski definition) is 1. The number of hydrogen-bond acceptors (Lipinski definition) is 2. The molecule has 1 amide bonds. The molecule has 16 heavy (non-hydrogen) atoms. The Labute approximate surface area is 94.5 Å². The van der Waals surface area contributed by atoms with Gasteiger partial charge in [-0.1, -0.05) is 18.2 Å². The van der Waals surface area contributed by atoms with Crippen LogP contribution in [0.5, 0.6) is 0 Å². The molecule has 0 aliphatic rings. The van der Waals surface area contributed by atoms with Crippen LogP contribution in [0, 0.1) is 0 Å². The lowest BCUT2D eigenvalue weighted by atomic mass is 10.1. The van der Waals surface area contributed by atoms with Crippen LogP contribution in [0.4, 0.5) is 0 Å². The highest BCUT2D eigenvalue weighted by atomic mass is 16.1. The predicted octanol–water partition coefficient (Wildman–Crippen LogP) is 1.91. The molecule has 0 bridgehead atoms. The Morgan fingerprint density at radius 3 is 2.94 bits per heavy atom. The quantitative estimate of drug-likeness (QED) is 0.848. The summed E-state index contributed by atoms with van der Waals surface area (Å²) in [6, 6.07) is 10.0. The number of rotatable bonds is 3. The molecule has 0 aliphatic heterocycles. The molecular formula is C13H14N2O. The average Bonchev–Trinajstić information content (AvgIpc) is 2.29. The topological polar surface area (TPSA) is 42.0 Å². The van der Waals surface area contributed by atoms with Crippen molar-refractivity contribution in [3.63, 3.8) is 0 Å². The number of amides is 1. The number of fused-ring (bicyclic) bond motifs is 1. The van der Waals surface area contributed by atoms with Gasteiger partial charge in [-0.05, 0) is 24.1 Å². The molecule has 0 unspecified atom stereocenters. The third-order valence-corrected chi connectivity index (χ3v) is 2.51. The molecule has 0 atom stereocenters. The predicted molar refractivity (Wildman–Crippen MR) is 64.1 cm³/mol. The number of para-hydroxylation sites is 1. The van der Waals surface area contributed by atoms with Gasteiger partial charge in [0.05, 0.1) is 5.52 Å². The van der Waals surface area contributed by atoms with Crippen molar-refractivity contribution in [2.75, 3.05) is 6.54 Å². The summed E-state index contributed by atoms with van der Waals surface area (Å²) in [4.78, 5) is 15.1. The molecule has 1 aromatic carbocycles. The number of carbonyl (C=O) groups is 1. The number of nitrogens with zero attached hydrogens (tertiary/aromatic N) is 1. The molecule has 0 saturated heterocycles. The van der Waals surface area contributed by atoms with Gasteiger partial charge >= 0.3 is 0 Å². The Kier molecular flexibility index (Phi) is 3.15. The fourth-order valence-electron chi connectivity index (χ4n) is 1.75. The molecule has 0 aliphatic carbocycles. The summed E-state index contributed by atoms with van der Waals surface area (Å²) in [6.45, 7) is 2.20. The first-order valence-corrected chi connectivity index (χ1v) is 5.34. The van der Waals surface area contributed by atoms with E-state index in [9.17, 15) is 4.79 Å². The Morgan fingerprint density at radius 2 is 2.12 bits per heavy atom. The van der Waals surface area contributed by atoms with E-state index < -0.39 is 0 Å². The lowest BCUT2D eigenvalue weighted by molar-refractivity contribution is -0.118. The molecule has 3 heteroatoms. The smallest absolute Gasteiger partial charge is 0.216 e. The van der Waals surface area contributed by atoms with E-state index in [4.69, 9.17) is 0 Å². The Balaban J connectivity index is 2.20. The molecule has 0 spiro atoms. The molecule has 1 N–H and O–H groups in total. The highest BCUT2D eigenvalue weighted by Gasteiger charge is 2.00. The van der Waals surface area contributed by atoms with E-state index in [-0.39, 0.29) is 5.91 Å². The van der Waals surface area contributed by atoms with Gasteiger partial charge < -0.3 is 5.32 Å². The Hall–Kier alpha value is -1.90. The van der Waals surface area contributed by atoms with E-state index in [0.29, 0.717) is 6.54 Å². The summed E-state index contributed by atoms with van der Waals surface area (Å²) in [5, 5.41) is 3.96. The zero-order valence-corrected chi connectivity index (χ0v) is 9.23. The molecule has 1 heterocycles. The standard InChI is InChI=1S/C13H14N2O/c1-10(16)14-8-6-11-7-9-15-13-5-3-2-4-12(11)13/h2-5,7,9H,6,8H2,1H3,(H,14,16). The summed E-state index contributed by atoms with van der Waals surface area (Å²) in [6.07, 6.45) is 2.65. The van der Waals surface area contributed by atoms with Crippen molar-refractivity contribution in [2.24, 2.45) is 0 Å². The minimum Gasteiger partial charge on any atom is -0.356 e. The van der Waals surface area contributed by atoms with Crippen molar-refractivity contribution in [2.45, 2.75) is 13.3 Å². The summed E-state index contributed by atoms with van der Waals surface area (Å²) in [7, 11) is 0. The first kappa shape index (κ1) is 10.6. The van der Waals surface area contributed by atoms with Crippen LogP contribution in [0.25, 0.3) is 10.9 Å². The van der Waals surface area contributed by atoms with Gasteiger partial charge in [0.1, 0.15) is 0 Å². The largest absolute Gasteiger partial charge is 0.356 e. The molecule has 2 aromatic rings. The third-order valence-electron chi connectivity index (χ3n) is 2.51.